The molecule has 0 radical (unpaired) electrons. The average molecular weight is 358 g/mol. The van der Waals surface area contributed by atoms with Gasteiger partial charge in [0.15, 0.2) is 5.78 Å². The van der Waals surface area contributed by atoms with Gasteiger partial charge in [-0.15, -0.1) is 0 Å². The van der Waals surface area contributed by atoms with Gasteiger partial charge in [-0.25, -0.2) is 0 Å². The van der Waals surface area contributed by atoms with Crippen molar-refractivity contribution in [2.24, 2.45) is 16.3 Å². The Labute approximate surface area is 154 Å². The normalized spacial score (nSPS) is 17.2. The van der Waals surface area contributed by atoms with E-state index in [9.17, 15) is 14.4 Å². The van der Waals surface area contributed by atoms with E-state index in [1.54, 1.807) is 45.0 Å². The lowest BCUT2D eigenvalue weighted by Gasteiger charge is -2.31. The summed E-state index contributed by atoms with van der Waals surface area (Å²) >= 11 is 0. The molecule has 0 aliphatic carbocycles. The van der Waals surface area contributed by atoms with Gasteiger partial charge in [-0.3, -0.25) is 19.4 Å². The van der Waals surface area contributed by atoms with Crippen molar-refractivity contribution in [3.8, 4) is 0 Å². The van der Waals surface area contributed by atoms with E-state index in [1.165, 1.54) is 0 Å². The first kappa shape index (κ1) is 19.8. The van der Waals surface area contributed by atoms with Gasteiger partial charge in [0.1, 0.15) is 18.1 Å². The Hall–Kier alpha value is -2.50. The predicted octanol–water partition coefficient (Wildman–Crippen LogP) is 3.08. The molecule has 6 heteroatoms. The third kappa shape index (κ3) is 4.56. The van der Waals surface area contributed by atoms with Crippen LogP contribution in [0.15, 0.2) is 29.3 Å². The summed E-state index contributed by atoms with van der Waals surface area (Å²) in [5, 5.41) is 2.52. The third-order valence-electron chi connectivity index (χ3n) is 3.80. The number of nitrogens with zero attached hydrogens (tertiary/aromatic N) is 1. The highest BCUT2D eigenvalue weighted by atomic mass is 16.6. The van der Waals surface area contributed by atoms with Crippen molar-refractivity contribution in [2.45, 2.75) is 47.1 Å². The van der Waals surface area contributed by atoms with Gasteiger partial charge in [-0.05, 0) is 32.9 Å². The molecule has 1 heterocycles. The van der Waals surface area contributed by atoms with Crippen LogP contribution >= 0.6 is 0 Å². The molecule has 0 fully saturated rings. The molecule has 1 aromatic carbocycles. The van der Waals surface area contributed by atoms with E-state index in [2.05, 4.69) is 10.3 Å². The number of ether oxygens (including phenoxy) is 1. The summed E-state index contributed by atoms with van der Waals surface area (Å²) in [4.78, 5) is 42.1. The first-order chi connectivity index (χ1) is 11.9. The minimum absolute atomic E-state index is 0.293. The highest BCUT2D eigenvalue weighted by molar-refractivity contribution is 6.29. The zero-order valence-electron chi connectivity index (χ0n) is 16.2. The van der Waals surface area contributed by atoms with Crippen LogP contribution in [0, 0.1) is 11.3 Å². The number of benzene rings is 1. The Morgan fingerprint density at radius 3 is 2.31 bits per heavy atom. The molecule has 0 spiro atoms. The lowest BCUT2D eigenvalue weighted by atomic mass is 9.76. The van der Waals surface area contributed by atoms with Crippen LogP contribution in [0.1, 0.15) is 51.9 Å². The van der Waals surface area contributed by atoms with Crippen molar-refractivity contribution in [3.63, 3.8) is 0 Å². The fraction of sp³-hybridized carbons (Fsp3) is 0.500. The number of rotatable bonds is 3. The van der Waals surface area contributed by atoms with Gasteiger partial charge < -0.3 is 10.1 Å². The summed E-state index contributed by atoms with van der Waals surface area (Å²) in [7, 11) is 0. The standard InChI is InChI=1S/C20H26N2O4/c1-19(2,3)17-15(16(24)12-9-7-8-10-13(12)22-17)18(25)21-11-14(23)26-20(4,5)6/h7-10,15H,11H2,1-6H3,(H,21,25). The second-order valence-corrected chi connectivity index (χ2v) is 8.37. The molecule has 0 aromatic heterocycles. The maximum Gasteiger partial charge on any atom is 0.325 e. The lowest BCUT2D eigenvalue weighted by molar-refractivity contribution is -0.154. The van der Waals surface area contributed by atoms with Crippen LogP contribution in [-0.2, 0) is 14.3 Å². The van der Waals surface area contributed by atoms with Gasteiger partial charge >= 0.3 is 5.97 Å². The van der Waals surface area contributed by atoms with E-state index in [-0.39, 0.29) is 12.3 Å². The Balaban J connectivity index is 2.25. The van der Waals surface area contributed by atoms with Crippen molar-refractivity contribution in [3.05, 3.63) is 29.8 Å². The Morgan fingerprint density at radius 2 is 1.73 bits per heavy atom. The molecule has 1 N–H and O–H groups in total. The number of hydrogen-bond donors (Lipinski definition) is 1. The van der Waals surface area contributed by atoms with E-state index in [4.69, 9.17) is 4.74 Å². The lowest BCUT2D eigenvalue weighted by Crippen LogP contribution is -2.47. The number of Topliss-reactive ketones (excluding diaryl/α,β-unsaturated/α-hetero) is 1. The number of nitrogens with one attached hydrogen (secondary N) is 1. The van der Waals surface area contributed by atoms with Gasteiger partial charge in [-0.2, -0.15) is 0 Å². The van der Waals surface area contributed by atoms with Crippen molar-refractivity contribution < 1.29 is 19.1 Å². The highest BCUT2D eigenvalue weighted by Gasteiger charge is 2.41. The van der Waals surface area contributed by atoms with Crippen LogP contribution in [0.4, 0.5) is 5.69 Å². The molecule has 0 saturated heterocycles. The van der Waals surface area contributed by atoms with Crippen LogP contribution in [0.2, 0.25) is 0 Å². The number of carbonyl (C=O) groups is 3. The molecule has 0 saturated carbocycles. The van der Waals surface area contributed by atoms with Crippen molar-refractivity contribution >= 4 is 29.1 Å². The largest absolute Gasteiger partial charge is 0.459 e. The Kier molecular flexibility index (Phi) is 5.35. The minimum Gasteiger partial charge on any atom is -0.459 e. The van der Waals surface area contributed by atoms with Crippen LogP contribution in [0.3, 0.4) is 0 Å². The van der Waals surface area contributed by atoms with Crippen molar-refractivity contribution in [2.75, 3.05) is 6.54 Å². The van der Waals surface area contributed by atoms with E-state index in [0.717, 1.165) is 0 Å². The first-order valence-corrected chi connectivity index (χ1v) is 8.62. The monoisotopic (exact) mass is 358 g/mol. The molecule has 1 aliphatic heterocycles. The number of para-hydroxylation sites is 1. The summed E-state index contributed by atoms with van der Waals surface area (Å²) in [5.74, 6) is -2.44. The first-order valence-electron chi connectivity index (χ1n) is 8.62. The summed E-state index contributed by atoms with van der Waals surface area (Å²) in [5.41, 5.74) is 0.357. The van der Waals surface area contributed by atoms with E-state index >= 15 is 0 Å². The molecule has 1 aromatic rings. The van der Waals surface area contributed by atoms with Gasteiger partial charge in [0.05, 0.1) is 5.69 Å². The zero-order chi connectivity index (χ0) is 19.7. The molecule has 1 amide bonds. The van der Waals surface area contributed by atoms with E-state index in [0.29, 0.717) is 17.0 Å². The maximum absolute atomic E-state index is 12.9. The summed E-state index contributed by atoms with van der Waals surface area (Å²) < 4.78 is 5.18. The number of carbonyl (C=O) groups excluding carboxylic acids is 3. The van der Waals surface area contributed by atoms with Crippen molar-refractivity contribution in [1.29, 1.82) is 0 Å². The SMILES string of the molecule is CC(C)(C)OC(=O)CNC(=O)C1C(=O)c2ccccc2N=C1C(C)(C)C. The molecule has 140 valence electrons. The smallest absolute Gasteiger partial charge is 0.325 e. The predicted molar refractivity (Wildman–Crippen MR) is 99.7 cm³/mol. The van der Waals surface area contributed by atoms with Crippen LogP contribution in [0.5, 0.6) is 0 Å². The molecule has 26 heavy (non-hydrogen) atoms. The number of amides is 1. The average Bonchev–Trinajstić information content (AvgIpc) is 2.50. The second-order valence-electron chi connectivity index (χ2n) is 8.37. The zero-order valence-corrected chi connectivity index (χ0v) is 16.2. The van der Waals surface area contributed by atoms with Gasteiger partial charge in [-0.1, -0.05) is 32.9 Å². The second kappa shape index (κ2) is 7.02. The number of fused-ring (bicyclic) bond motifs is 1. The molecule has 2 rings (SSSR count). The van der Waals surface area contributed by atoms with Crippen LogP contribution in [0.25, 0.3) is 0 Å². The quantitative estimate of drug-likeness (QED) is 0.665. The third-order valence-corrected chi connectivity index (χ3v) is 3.80. The molecule has 6 nitrogen and oxygen atoms in total. The van der Waals surface area contributed by atoms with E-state index in [1.807, 2.05) is 20.8 Å². The molecule has 0 bridgehead atoms. The Morgan fingerprint density at radius 1 is 1.12 bits per heavy atom. The van der Waals surface area contributed by atoms with Crippen molar-refractivity contribution in [1.82, 2.24) is 5.32 Å². The molecular formula is C20H26N2O4. The maximum atomic E-state index is 12.9. The van der Waals surface area contributed by atoms with Crippen LogP contribution < -0.4 is 5.32 Å². The van der Waals surface area contributed by atoms with Gasteiger partial charge in [0.2, 0.25) is 5.91 Å². The Bertz CT molecular complexity index is 767. The molecule has 1 aliphatic rings. The summed E-state index contributed by atoms with van der Waals surface area (Å²) in [6.45, 7) is 10.7. The minimum atomic E-state index is -1.05. The number of aliphatic imine (C=N–C) groups is 1. The summed E-state index contributed by atoms with van der Waals surface area (Å²) in [6, 6.07) is 6.96. The number of hydrogen-bond acceptors (Lipinski definition) is 5. The number of ketones is 1. The fourth-order valence-electron chi connectivity index (χ4n) is 2.74. The van der Waals surface area contributed by atoms with Gasteiger partial charge in [0, 0.05) is 16.7 Å². The summed E-state index contributed by atoms with van der Waals surface area (Å²) in [6.07, 6.45) is 0. The highest BCUT2D eigenvalue weighted by Crippen LogP contribution is 2.34. The molecule has 1 atom stereocenters. The molecule has 1 unspecified atom stereocenters. The van der Waals surface area contributed by atoms with E-state index < -0.39 is 28.8 Å². The molecular weight excluding hydrogens is 332 g/mol. The number of esters is 1. The van der Waals surface area contributed by atoms with Crippen LogP contribution in [-0.4, -0.2) is 35.5 Å². The topological polar surface area (TPSA) is 84.8 Å². The van der Waals surface area contributed by atoms with Gasteiger partial charge in [0.25, 0.3) is 0 Å². The fourth-order valence-corrected chi connectivity index (χ4v) is 2.74.